The minimum atomic E-state index is -0.518. The van der Waals surface area contributed by atoms with Crippen molar-refractivity contribution in [2.45, 2.75) is 13.8 Å². The number of carbonyl (C=O) groups is 2. The zero-order valence-corrected chi connectivity index (χ0v) is 34.2. The zero-order valence-electron chi connectivity index (χ0n) is 31.1. The van der Waals surface area contributed by atoms with Gasteiger partial charge in [-0.15, -0.1) is 12.4 Å². The van der Waals surface area contributed by atoms with E-state index in [0.717, 1.165) is 33.3 Å². The number of halogens is 4. The summed E-state index contributed by atoms with van der Waals surface area (Å²) in [6.07, 6.45) is 6.39. The van der Waals surface area contributed by atoms with Crippen molar-refractivity contribution in [1.29, 1.82) is 0 Å². The molecule has 58 heavy (non-hydrogen) atoms. The number of hydrogen-bond donors (Lipinski definition) is 4. The van der Waals surface area contributed by atoms with Crippen molar-refractivity contribution in [3.05, 3.63) is 131 Å². The summed E-state index contributed by atoms with van der Waals surface area (Å²) in [5.74, 6) is 1.00. The van der Waals surface area contributed by atoms with Crippen LogP contribution >= 0.6 is 47.2 Å². The third-order valence-corrected chi connectivity index (χ3v) is 8.69. The number of nitrogen functional groups attached to an aromatic ring is 1. The van der Waals surface area contributed by atoms with Crippen LogP contribution in [0.4, 0.5) is 34.4 Å². The van der Waals surface area contributed by atoms with E-state index in [4.69, 9.17) is 40.5 Å². The molecular formula is C38H34Cl4N14O2. The summed E-state index contributed by atoms with van der Waals surface area (Å²) in [5.41, 5.74) is 12.9. The van der Waals surface area contributed by atoms with E-state index < -0.39 is 5.24 Å². The Morgan fingerprint density at radius 3 is 1.66 bits per heavy atom. The van der Waals surface area contributed by atoms with Crippen LogP contribution in [0.5, 0.6) is 0 Å². The highest BCUT2D eigenvalue weighted by Crippen LogP contribution is 2.29. The van der Waals surface area contributed by atoms with Gasteiger partial charge in [0.1, 0.15) is 11.4 Å². The van der Waals surface area contributed by atoms with Gasteiger partial charge in [-0.1, -0.05) is 24.3 Å². The van der Waals surface area contributed by atoms with Crippen molar-refractivity contribution >= 4 is 115 Å². The summed E-state index contributed by atoms with van der Waals surface area (Å²) >= 11 is 16.8. The number of carbonyl (C=O) groups excluding carboxylic acids is 2. The zero-order chi connectivity index (χ0) is 40.6. The average molecular weight is 861 g/mol. The van der Waals surface area contributed by atoms with Crippen LogP contribution in [-0.2, 0) is 14.1 Å². The lowest BCUT2D eigenvalue weighted by Crippen LogP contribution is -2.13. The van der Waals surface area contributed by atoms with Gasteiger partial charge in [0.15, 0.2) is 22.9 Å². The molecule has 0 saturated carbocycles. The SMILES string of the molecule is Cc1ccc(N)cc1Nc1nn(C)c2nc(Cl)ncc12.Cc1ccc(NC(=O)c2ccccn2)cc1Nc1nn(C)c2nc(Cl)ncc12.Cl.O=C(Cl)c1ccccn1. The Morgan fingerprint density at radius 2 is 1.17 bits per heavy atom. The lowest BCUT2D eigenvalue weighted by molar-refractivity contribution is 0.102. The molecular weight excluding hydrogens is 826 g/mol. The molecule has 0 aliphatic heterocycles. The maximum atomic E-state index is 12.3. The fourth-order valence-electron chi connectivity index (χ4n) is 5.25. The van der Waals surface area contributed by atoms with Gasteiger partial charge in [-0.25, -0.2) is 19.3 Å². The number of aromatic nitrogens is 10. The van der Waals surface area contributed by atoms with Crippen molar-refractivity contribution in [3.8, 4) is 0 Å². The quantitative estimate of drug-likeness (QED) is 0.0677. The first-order valence-corrected chi connectivity index (χ1v) is 18.0. The van der Waals surface area contributed by atoms with Crippen LogP contribution < -0.4 is 21.7 Å². The van der Waals surface area contributed by atoms with Gasteiger partial charge in [0, 0.05) is 61.6 Å². The second-order valence-corrected chi connectivity index (χ2v) is 13.2. The van der Waals surface area contributed by atoms with Crippen LogP contribution in [0.25, 0.3) is 22.1 Å². The molecule has 0 aliphatic carbocycles. The Bertz CT molecular complexity index is 2710. The molecule has 8 aromatic rings. The van der Waals surface area contributed by atoms with Gasteiger partial charge in [0.2, 0.25) is 10.6 Å². The summed E-state index contributed by atoms with van der Waals surface area (Å²) in [6, 6.07) is 21.5. The number of nitrogens with zero attached hydrogens (tertiary/aromatic N) is 10. The van der Waals surface area contributed by atoms with E-state index in [-0.39, 0.29) is 28.9 Å². The number of aryl methyl sites for hydroxylation is 4. The number of anilines is 6. The third-order valence-electron chi connectivity index (χ3n) is 8.13. The smallest absolute Gasteiger partial charge is 0.274 e. The number of benzene rings is 2. The topological polar surface area (TPSA) is 209 Å². The van der Waals surface area contributed by atoms with Gasteiger partial charge >= 0.3 is 0 Å². The Kier molecular flexibility index (Phi) is 14.1. The second-order valence-electron chi connectivity index (χ2n) is 12.2. The predicted octanol–water partition coefficient (Wildman–Crippen LogP) is 8.25. The summed E-state index contributed by atoms with van der Waals surface area (Å²) < 4.78 is 3.29. The van der Waals surface area contributed by atoms with E-state index in [1.807, 2.05) is 57.3 Å². The number of rotatable bonds is 7. The molecule has 16 nitrogen and oxygen atoms in total. The molecule has 0 bridgehead atoms. The molecule has 0 spiro atoms. The van der Waals surface area contributed by atoms with Crippen molar-refractivity contribution in [2.24, 2.45) is 14.1 Å². The molecule has 5 N–H and O–H groups in total. The number of nitrogens with one attached hydrogen (secondary N) is 3. The first-order chi connectivity index (χ1) is 27.4. The van der Waals surface area contributed by atoms with Crippen molar-refractivity contribution in [3.63, 3.8) is 0 Å². The first kappa shape index (κ1) is 42.7. The molecule has 2 aromatic carbocycles. The monoisotopic (exact) mass is 858 g/mol. The molecule has 6 heterocycles. The predicted molar refractivity (Wildman–Crippen MR) is 230 cm³/mol. The van der Waals surface area contributed by atoms with Crippen LogP contribution in [0, 0.1) is 13.8 Å². The van der Waals surface area contributed by atoms with E-state index in [2.05, 4.69) is 56.1 Å². The molecule has 0 saturated heterocycles. The molecule has 0 aliphatic rings. The van der Waals surface area contributed by atoms with Crippen molar-refractivity contribution in [2.75, 3.05) is 21.7 Å². The summed E-state index contributed by atoms with van der Waals surface area (Å²) in [7, 11) is 3.59. The molecule has 0 atom stereocenters. The van der Waals surface area contributed by atoms with E-state index in [1.54, 1.807) is 71.4 Å². The minimum absolute atomic E-state index is 0. The number of pyridine rings is 2. The maximum Gasteiger partial charge on any atom is 0.274 e. The summed E-state index contributed by atoms with van der Waals surface area (Å²) in [4.78, 5) is 46.8. The lowest BCUT2D eigenvalue weighted by Gasteiger charge is -2.11. The van der Waals surface area contributed by atoms with Gasteiger partial charge in [-0.05, 0) is 108 Å². The van der Waals surface area contributed by atoms with Gasteiger partial charge in [0.05, 0.1) is 10.8 Å². The fourth-order valence-corrected chi connectivity index (χ4v) is 5.62. The minimum Gasteiger partial charge on any atom is -0.399 e. The fraction of sp³-hybridized carbons (Fsp3) is 0.105. The third kappa shape index (κ3) is 10.5. The number of hydrogen-bond acceptors (Lipinski definition) is 13. The van der Waals surface area contributed by atoms with Gasteiger partial charge < -0.3 is 21.7 Å². The van der Waals surface area contributed by atoms with Gasteiger partial charge in [0.25, 0.3) is 11.1 Å². The van der Waals surface area contributed by atoms with Crippen LogP contribution in [0.3, 0.4) is 0 Å². The highest BCUT2D eigenvalue weighted by molar-refractivity contribution is 6.67. The molecule has 1 amide bonds. The van der Waals surface area contributed by atoms with Gasteiger partial charge in [-0.3, -0.25) is 19.6 Å². The maximum absolute atomic E-state index is 12.3. The van der Waals surface area contributed by atoms with Crippen LogP contribution in [0.1, 0.15) is 32.1 Å². The Hall–Kier alpha value is -6.46. The second kappa shape index (κ2) is 19.1. The van der Waals surface area contributed by atoms with Crippen LogP contribution in [0.15, 0.2) is 97.6 Å². The molecule has 8 rings (SSSR count). The van der Waals surface area contributed by atoms with Gasteiger partial charge in [-0.2, -0.15) is 20.2 Å². The lowest BCUT2D eigenvalue weighted by atomic mass is 10.1. The molecule has 0 fully saturated rings. The highest BCUT2D eigenvalue weighted by Gasteiger charge is 2.15. The molecule has 296 valence electrons. The normalized spacial score (nSPS) is 10.4. The van der Waals surface area contributed by atoms with Crippen LogP contribution in [0.2, 0.25) is 10.6 Å². The number of nitrogens with two attached hydrogens (primary N) is 1. The Balaban J connectivity index is 0.000000186. The first-order valence-electron chi connectivity index (χ1n) is 16.9. The highest BCUT2D eigenvalue weighted by atomic mass is 35.5. The standard InChI is InChI=1S/C19H16ClN7O.C13H13ClN6.C6H4ClNO.ClH/c1-11-6-7-12(23-18(28)14-5-3-4-8-21-14)9-15(11)24-16-13-10-22-19(20)25-17(13)27(2)26-16;1-7-3-4-8(15)5-10(7)17-11-9-6-16-13(14)18-12(9)20(2)19-11;7-6(9)5-3-1-2-4-8-5;/h3-10H,1-2H3,(H,23,28)(H,24,26);3-6H,15H2,1-2H3,(H,17,19);1-4H;1H. The largest absolute Gasteiger partial charge is 0.399 e. The van der Waals surface area contributed by atoms with Crippen molar-refractivity contribution in [1.82, 2.24) is 49.5 Å². The van der Waals surface area contributed by atoms with Crippen molar-refractivity contribution < 1.29 is 9.59 Å². The van der Waals surface area contributed by atoms with E-state index >= 15 is 0 Å². The Morgan fingerprint density at radius 1 is 0.672 bits per heavy atom. The summed E-state index contributed by atoms with van der Waals surface area (Å²) in [5, 5.41) is 19.7. The average Bonchev–Trinajstić information content (AvgIpc) is 3.68. The van der Waals surface area contributed by atoms with E-state index in [9.17, 15) is 9.59 Å². The number of amides is 1. The number of fused-ring (bicyclic) bond motifs is 2. The van der Waals surface area contributed by atoms with E-state index in [1.165, 1.54) is 6.20 Å². The molecule has 20 heteroatoms. The molecule has 0 radical (unpaired) electrons. The molecule has 0 unspecified atom stereocenters. The Labute approximate surface area is 352 Å². The summed E-state index contributed by atoms with van der Waals surface area (Å²) in [6.45, 7) is 3.96. The van der Waals surface area contributed by atoms with E-state index in [0.29, 0.717) is 45.7 Å². The molecule has 6 aromatic heterocycles. The van der Waals surface area contributed by atoms with Crippen LogP contribution in [-0.4, -0.2) is 60.6 Å².